The fourth-order valence-electron chi connectivity index (χ4n) is 7.54. The Hall–Kier alpha value is -2.16. The van der Waals surface area contributed by atoms with Gasteiger partial charge in [0.25, 0.3) is 0 Å². The summed E-state index contributed by atoms with van der Waals surface area (Å²) in [7, 11) is 3.84. The topological polar surface area (TPSA) is 111 Å². The van der Waals surface area contributed by atoms with Gasteiger partial charge in [-0.3, -0.25) is 19.2 Å². The fourth-order valence-corrected chi connectivity index (χ4v) is 7.54. The van der Waals surface area contributed by atoms with E-state index in [2.05, 4.69) is 33.0 Å². The van der Waals surface area contributed by atoms with Crippen molar-refractivity contribution in [2.45, 2.75) is 239 Å². The number of rotatable bonds is 43. The Morgan fingerprint density at radius 3 is 1.24 bits per heavy atom. The van der Waals surface area contributed by atoms with E-state index in [1.54, 1.807) is 0 Å². The summed E-state index contributed by atoms with van der Waals surface area (Å²) in [6.45, 7) is 10.5. The van der Waals surface area contributed by atoms with Gasteiger partial charge < -0.3 is 24.4 Å². The van der Waals surface area contributed by atoms with E-state index in [1.807, 2.05) is 19.0 Å². The second-order valence-corrected chi connectivity index (χ2v) is 17.3. The normalized spacial score (nSPS) is 12.9. The highest BCUT2D eigenvalue weighted by molar-refractivity contribution is 5.76. The third kappa shape index (κ3) is 35.8. The molecule has 9 heteroatoms. The van der Waals surface area contributed by atoms with Crippen LogP contribution in [0.25, 0.3) is 0 Å². The Bertz CT molecular complexity index is 975. The van der Waals surface area contributed by atoms with E-state index in [1.165, 1.54) is 103 Å². The van der Waals surface area contributed by atoms with Crippen LogP contribution in [0.4, 0.5) is 0 Å². The van der Waals surface area contributed by atoms with Gasteiger partial charge in [-0.1, -0.05) is 156 Å². The lowest BCUT2D eigenvalue weighted by Crippen LogP contribution is -2.40. The molecule has 0 heterocycles. The minimum absolute atomic E-state index is 0.00545. The van der Waals surface area contributed by atoms with Crippen molar-refractivity contribution in [1.82, 2.24) is 10.2 Å². The molecule has 0 spiro atoms. The van der Waals surface area contributed by atoms with Crippen LogP contribution in [0.5, 0.6) is 0 Å². The lowest BCUT2D eigenvalue weighted by atomic mass is 9.94. The third-order valence-electron chi connectivity index (χ3n) is 11.2. The largest absolute Gasteiger partial charge is 0.465 e. The second kappa shape index (κ2) is 41.6. The minimum atomic E-state index is -0.431. The summed E-state index contributed by atoms with van der Waals surface area (Å²) < 4.78 is 17.2. The molecule has 0 aliphatic rings. The van der Waals surface area contributed by atoms with Gasteiger partial charge in [-0.15, -0.1) is 0 Å². The van der Waals surface area contributed by atoms with Crippen LogP contribution in [0.3, 0.4) is 0 Å². The van der Waals surface area contributed by atoms with Crippen molar-refractivity contribution in [3.05, 3.63) is 0 Å². The average molecular weight is 823 g/mol. The summed E-state index contributed by atoms with van der Waals surface area (Å²) in [6.07, 6.45) is 32.5. The molecular weight excluding hydrogens is 729 g/mol. The molecular formula is C49H94N2O7. The van der Waals surface area contributed by atoms with Crippen LogP contribution in [0.1, 0.15) is 233 Å². The molecule has 0 aromatic heterocycles. The molecule has 0 fully saturated rings. The van der Waals surface area contributed by atoms with Crippen LogP contribution in [-0.4, -0.2) is 75.2 Å². The Morgan fingerprint density at radius 2 is 0.828 bits per heavy atom. The zero-order chi connectivity index (χ0) is 42.9. The number of nitrogens with one attached hydrogen (secondary N) is 1. The second-order valence-electron chi connectivity index (χ2n) is 17.3. The fraction of sp³-hybridized carbons (Fsp3) is 0.918. The first-order chi connectivity index (χ1) is 28.2. The molecule has 0 aliphatic carbocycles. The molecule has 0 saturated heterocycles. The molecule has 58 heavy (non-hydrogen) atoms. The highest BCUT2D eigenvalue weighted by Crippen LogP contribution is 2.22. The van der Waals surface area contributed by atoms with Crippen molar-refractivity contribution in [3.63, 3.8) is 0 Å². The van der Waals surface area contributed by atoms with Gasteiger partial charge in [-0.05, 0) is 78.3 Å². The highest BCUT2D eigenvalue weighted by Gasteiger charge is 2.21. The molecule has 1 amide bonds. The first-order valence-corrected chi connectivity index (χ1v) is 24.6. The number of carbonyl (C=O) groups is 4. The molecule has 0 bridgehead atoms. The zero-order valence-electron chi connectivity index (χ0n) is 39.0. The van der Waals surface area contributed by atoms with Gasteiger partial charge in [-0.25, -0.2) is 0 Å². The van der Waals surface area contributed by atoms with Gasteiger partial charge in [0.15, 0.2) is 0 Å². The number of unbranched alkanes of at least 4 members (excludes halogenated alkanes) is 20. The Morgan fingerprint density at radius 1 is 0.466 bits per heavy atom. The third-order valence-corrected chi connectivity index (χ3v) is 11.2. The van der Waals surface area contributed by atoms with Gasteiger partial charge in [0.2, 0.25) is 5.91 Å². The molecule has 9 nitrogen and oxygen atoms in total. The van der Waals surface area contributed by atoms with Crippen LogP contribution in [0, 0.1) is 11.8 Å². The Balaban J connectivity index is 4.41. The Labute approximate surface area is 358 Å². The summed E-state index contributed by atoms with van der Waals surface area (Å²) in [5.41, 5.74) is 0. The van der Waals surface area contributed by atoms with E-state index >= 15 is 0 Å². The number of ether oxygens (including phenoxy) is 3. The van der Waals surface area contributed by atoms with Crippen LogP contribution < -0.4 is 5.32 Å². The first-order valence-electron chi connectivity index (χ1n) is 24.6. The predicted octanol–water partition coefficient (Wildman–Crippen LogP) is 12.5. The van der Waals surface area contributed by atoms with Crippen LogP contribution >= 0.6 is 0 Å². The molecule has 0 rings (SSSR count). The summed E-state index contributed by atoms with van der Waals surface area (Å²) >= 11 is 0. The monoisotopic (exact) mass is 823 g/mol. The zero-order valence-corrected chi connectivity index (χ0v) is 39.0. The summed E-state index contributed by atoms with van der Waals surface area (Å²) in [4.78, 5) is 53.1. The van der Waals surface area contributed by atoms with E-state index in [-0.39, 0.29) is 42.2 Å². The standard InChI is InChI=1S/C49H94N2O7/c1-7-11-15-19-21-27-35-43(33-25-17-13-9-3)48(54)56-39-31-23-29-37-46(52)50-41-45(42-51(5)6)58-47(53)38-30-24-32-40-57-49(55)44(34-26-18-14-10-4)36-28-22-20-16-12-8-2/h43-45H,7-42H2,1-6H3,(H,50,52)/t43?,44-,45?/m0/s1. The summed E-state index contributed by atoms with van der Waals surface area (Å²) in [5, 5.41) is 2.95. The lowest BCUT2D eigenvalue weighted by molar-refractivity contribution is -0.151. The van der Waals surface area contributed by atoms with Crippen molar-refractivity contribution in [2.24, 2.45) is 11.8 Å². The van der Waals surface area contributed by atoms with Crippen LogP contribution in [-0.2, 0) is 33.4 Å². The quantitative estimate of drug-likeness (QED) is 0.0368. The van der Waals surface area contributed by atoms with Crippen LogP contribution in [0.15, 0.2) is 0 Å². The SMILES string of the molecule is CCCCCCCCC(CCCCCC)C(=O)OCCCCCC(=O)NCC(CN(C)C)OC(=O)CCCCCOC(=O)[C@@H](CCCCCC)CCCCCCCC. The van der Waals surface area contributed by atoms with E-state index in [9.17, 15) is 19.2 Å². The Kier molecular flexibility index (Phi) is 40.0. The molecule has 342 valence electrons. The summed E-state index contributed by atoms with van der Waals surface area (Å²) in [5.74, 6) is -0.404. The van der Waals surface area contributed by atoms with E-state index in [0.717, 1.165) is 77.0 Å². The number of likely N-dealkylation sites (N-methyl/N-ethyl adjacent to an activating group) is 1. The molecule has 3 atom stereocenters. The number of hydrogen-bond acceptors (Lipinski definition) is 8. The number of carbonyl (C=O) groups excluding carboxylic acids is 4. The maximum absolute atomic E-state index is 12.9. The molecule has 0 aromatic rings. The van der Waals surface area contributed by atoms with Gasteiger partial charge in [0, 0.05) is 19.4 Å². The number of nitrogens with zero attached hydrogens (tertiary/aromatic N) is 1. The molecule has 2 unspecified atom stereocenters. The molecule has 0 saturated carbocycles. The molecule has 1 N–H and O–H groups in total. The van der Waals surface area contributed by atoms with E-state index in [4.69, 9.17) is 14.2 Å². The molecule has 0 radical (unpaired) electrons. The van der Waals surface area contributed by atoms with Gasteiger partial charge in [0.05, 0.1) is 31.6 Å². The van der Waals surface area contributed by atoms with E-state index in [0.29, 0.717) is 45.4 Å². The minimum Gasteiger partial charge on any atom is -0.465 e. The molecule has 0 aliphatic heterocycles. The summed E-state index contributed by atoms with van der Waals surface area (Å²) in [6, 6.07) is 0. The van der Waals surface area contributed by atoms with Crippen LogP contribution in [0.2, 0.25) is 0 Å². The first kappa shape index (κ1) is 55.8. The van der Waals surface area contributed by atoms with Crippen molar-refractivity contribution in [1.29, 1.82) is 0 Å². The average Bonchev–Trinajstić information content (AvgIpc) is 3.20. The lowest BCUT2D eigenvalue weighted by Gasteiger charge is -2.22. The van der Waals surface area contributed by atoms with Gasteiger partial charge >= 0.3 is 17.9 Å². The smallest absolute Gasteiger partial charge is 0.308 e. The molecule has 0 aromatic carbocycles. The van der Waals surface area contributed by atoms with Gasteiger partial charge in [0.1, 0.15) is 6.10 Å². The maximum atomic E-state index is 12.9. The van der Waals surface area contributed by atoms with E-state index < -0.39 is 6.10 Å². The van der Waals surface area contributed by atoms with Crippen molar-refractivity contribution < 1.29 is 33.4 Å². The van der Waals surface area contributed by atoms with Crippen molar-refractivity contribution >= 4 is 23.8 Å². The number of hydrogen-bond donors (Lipinski definition) is 1. The van der Waals surface area contributed by atoms with Crippen molar-refractivity contribution in [3.8, 4) is 0 Å². The van der Waals surface area contributed by atoms with Gasteiger partial charge in [-0.2, -0.15) is 0 Å². The number of amides is 1. The highest BCUT2D eigenvalue weighted by atomic mass is 16.5. The predicted molar refractivity (Wildman–Crippen MR) is 241 cm³/mol. The maximum Gasteiger partial charge on any atom is 0.308 e. The number of esters is 3. The van der Waals surface area contributed by atoms with Crippen molar-refractivity contribution in [2.75, 3.05) is 40.4 Å².